The summed E-state index contributed by atoms with van der Waals surface area (Å²) in [6, 6.07) is 26.2. The standard InChI is InChI=1S/C46H55NO/c1-6-37-18-15-36(32-43(37)47-28-26-42(27-29-47)46(3,4)5)31-35-13-19-39(20-14-35)45(44(48)25-16-34-10-8-7-9-11-34)40-23-21-38(22-24-40)41-17-12-33(2)30-41/h1,7-12,15,17-18,21-24,30,32-33,35,39,42,45H,13-14,16,19-20,25-29,31H2,2-5H3. The van der Waals surface area contributed by atoms with Gasteiger partial charge in [-0.25, -0.2) is 0 Å². The molecule has 0 N–H and O–H groups in total. The van der Waals surface area contributed by atoms with Crippen LogP contribution in [-0.2, 0) is 17.6 Å². The molecule has 3 aromatic rings. The fourth-order valence-corrected chi connectivity index (χ4v) is 8.65. The SMILES string of the molecule is C#Cc1ccc(CC2CCC(C(C(=O)CCc3ccccc3)c3ccc(C4=CC(C)C=C4)cc3)CC2)cc1N1CCC(C(C)(C)C)CC1. The van der Waals surface area contributed by atoms with Crippen molar-refractivity contribution in [2.75, 3.05) is 18.0 Å². The summed E-state index contributed by atoms with van der Waals surface area (Å²) in [5.74, 6) is 5.61. The lowest BCUT2D eigenvalue weighted by atomic mass is 9.70. The van der Waals surface area contributed by atoms with E-state index in [1.165, 1.54) is 59.2 Å². The number of rotatable bonds is 10. The van der Waals surface area contributed by atoms with Gasteiger partial charge in [-0.3, -0.25) is 4.79 Å². The van der Waals surface area contributed by atoms with Crippen LogP contribution < -0.4 is 4.90 Å². The molecule has 0 amide bonds. The molecule has 1 aliphatic heterocycles. The molecule has 3 aromatic carbocycles. The summed E-state index contributed by atoms with van der Waals surface area (Å²) in [5, 5.41) is 0. The smallest absolute Gasteiger partial charge is 0.140 e. The fourth-order valence-electron chi connectivity index (χ4n) is 8.65. The summed E-state index contributed by atoms with van der Waals surface area (Å²) in [4.78, 5) is 16.6. The quantitative estimate of drug-likeness (QED) is 0.206. The highest BCUT2D eigenvalue weighted by atomic mass is 16.1. The minimum absolute atomic E-state index is 0.0340. The van der Waals surface area contributed by atoms with Crippen LogP contribution in [0, 0.1) is 41.4 Å². The monoisotopic (exact) mass is 637 g/mol. The second kappa shape index (κ2) is 15.2. The van der Waals surface area contributed by atoms with Crippen LogP contribution in [0.25, 0.3) is 5.57 Å². The van der Waals surface area contributed by atoms with Gasteiger partial charge in [-0.05, 0) is 120 Å². The number of ketones is 1. The van der Waals surface area contributed by atoms with E-state index >= 15 is 0 Å². The van der Waals surface area contributed by atoms with Crippen LogP contribution in [0.1, 0.15) is 106 Å². The topological polar surface area (TPSA) is 20.3 Å². The Balaban J connectivity index is 1.13. The lowest BCUT2D eigenvalue weighted by Crippen LogP contribution is -2.38. The zero-order chi connectivity index (χ0) is 33.7. The predicted octanol–water partition coefficient (Wildman–Crippen LogP) is 10.9. The van der Waals surface area contributed by atoms with E-state index in [0.717, 1.165) is 50.3 Å². The van der Waals surface area contributed by atoms with Crippen LogP contribution in [0.15, 0.2) is 91.0 Å². The van der Waals surface area contributed by atoms with E-state index in [1.807, 2.05) is 6.07 Å². The maximum Gasteiger partial charge on any atom is 0.140 e. The molecule has 1 heterocycles. The molecule has 0 aromatic heterocycles. The zero-order valence-corrected chi connectivity index (χ0v) is 29.8. The highest BCUT2D eigenvalue weighted by molar-refractivity contribution is 5.86. The Bertz CT molecular complexity index is 1630. The summed E-state index contributed by atoms with van der Waals surface area (Å²) >= 11 is 0. The Kier molecular flexibility index (Phi) is 10.8. The van der Waals surface area contributed by atoms with Crippen LogP contribution in [-0.4, -0.2) is 18.9 Å². The van der Waals surface area contributed by atoms with Crippen LogP contribution in [0.4, 0.5) is 5.69 Å². The molecule has 6 rings (SSSR count). The number of benzene rings is 3. The van der Waals surface area contributed by atoms with Gasteiger partial charge >= 0.3 is 0 Å². The first-order valence-electron chi connectivity index (χ1n) is 18.6. The van der Waals surface area contributed by atoms with Crippen molar-refractivity contribution in [2.45, 2.75) is 91.4 Å². The Hall–Kier alpha value is -3.83. The largest absolute Gasteiger partial charge is 0.370 e. The molecule has 0 bridgehead atoms. The molecule has 1 saturated heterocycles. The Morgan fingerprint density at radius 3 is 2.23 bits per heavy atom. The van der Waals surface area contributed by atoms with E-state index in [-0.39, 0.29) is 5.92 Å². The number of hydrogen-bond acceptors (Lipinski definition) is 2. The maximum absolute atomic E-state index is 14.1. The number of aryl methyl sites for hydroxylation is 1. The van der Waals surface area contributed by atoms with Crippen LogP contribution in [0.2, 0.25) is 0 Å². The van der Waals surface area contributed by atoms with Crippen molar-refractivity contribution in [1.82, 2.24) is 0 Å². The molecule has 2 heteroatoms. The van der Waals surface area contributed by atoms with Crippen LogP contribution in [0.5, 0.6) is 0 Å². The summed E-state index contributed by atoms with van der Waals surface area (Å²) in [6.45, 7) is 11.5. The summed E-state index contributed by atoms with van der Waals surface area (Å²) in [7, 11) is 0. The van der Waals surface area contributed by atoms with Gasteiger partial charge in [0.1, 0.15) is 5.78 Å². The third-order valence-electron chi connectivity index (χ3n) is 11.6. The van der Waals surface area contributed by atoms with Gasteiger partial charge in [-0.15, -0.1) is 6.42 Å². The molecular weight excluding hydrogens is 583 g/mol. The minimum Gasteiger partial charge on any atom is -0.370 e. The molecule has 2 fully saturated rings. The van der Waals surface area contributed by atoms with E-state index in [0.29, 0.717) is 35.4 Å². The molecule has 3 aliphatic rings. The highest BCUT2D eigenvalue weighted by Gasteiger charge is 2.34. The van der Waals surface area contributed by atoms with E-state index in [2.05, 4.69) is 123 Å². The fraction of sp³-hybridized carbons (Fsp3) is 0.457. The normalized spacial score (nSPS) is 22.3. The van der Waals surface area contributed by atoms with Gasteiger partial charge in [0.25, 0.3) is 0 Å². The van der Waals surface area contributed by atoms with Gasteiger partial charge in [-0.2, -0.15) is 0 Å². The predicted molar refractivity (Wildman–Crippen MR) is 203 cm³/mol. The molecule has 2 nitrogen and oxygen atoms in total. The van der Waals surface area contributed by atoms with E-state index < -0.39 is 0 Å². The Labute approximate surface area is 290 Å². The molecule has 0 spiro atoms. The van der Waals surface area contributed by atoms with Gasteiger partial charge in [0.15, 0.2) is 0 Å². The van der Waals surface area contributed by atoms with Gasteiger partial charge < -0.3 is 4.90 Å². The third kappa shape index (κ3) is 8.23. The number of nitrogens with zero attached hydrogens (tertiary/aromatic N) is 1. The second-order valence-corrected chi connectivity index (χ2v) is 16.0. The number of carbonyl (C=O) groups excluding carboxylic acids is 1. The first-order valence-corrected chi connectivity index (χ1v) is 18.6. The number of carbonyl (C=O) groups is 1. The highest BCUT2D eigenvalue weighted by Crippen LogP contribution is 2.42. The Morgan fingerprint density at radius 1 is 0.896 bits per heavy atom. The molecule has 2 aliphatic carbocycles. The van der Waals surface area contributed by atoms with E-state index in [1.54, 1.807) is 0 Å². The van der Waals surface area contributed by atoms with Crippen molar-refractivity contribution in [3.63, 3.8) is 0 Å². The van der Waals surface area contributed by atoms with Crippen molar-refractivity contribution in [1.29, 1.82) is 0 Å². The summed E-state index contributed by atoms with van der Waals surface area (Å²) in [6.07, 6.45) is 22.3. The van der Waals surface area contributed by atoms with E-state index in [4.69, 9.17) is 6.42 Å². The van der Waals surface area contributed by atoms with Crippen molar-refractivity contribution in [2.24, 2.45) is 29.1 Å². The number of terminal acetylenes is 1. The lowest BCUT2D eigenvalue weighted by molar-refractivity contribution is -0.122. The van der Waals surface area contributed by atoms with Gasteiger partial charge in [0, 0.05) is 31.0 Å². The number of allylic oxidation sites excluding steroid dienone is 4. The molecule has 2 atom stereocenters. The van der Waals surface area contributed by atoms with Gasteiger partial charge in [-0.1, -0.05) is 113 Å². The average molecular weight is 638 g/mol. The van der Waals surface area contributed by atoms with Crippen LogP contribution >= 0.6 is 0 Å². The Morgan fingerprint density at radius 2 is 1.60 bits per heavy atom. The third-order valence-corrected chi connectivity index (χ3v) is 11.6. The second-order valence-electron chi connectivity index (χ2n) is 16.0. The van der Waals surface area contributed by atoms with Crippen molar-refractivity contribution >= 4 is 17.0 Å². The molecule has 2 unspecified atom stereocenters. The average Bonchev–Trinajstić information content (AvgIpc) is 3.54. The van der Waals surface area contributed by atoms with E-state index in [9.17, 15) is 4.79 Å². The minimum atomic E-state index is -0.0340. The number of piperidine rings is 1. The molecule has 250 valence electrons. The zero-order valence-electron chi connectivity index (χ0n) is 29.8. The lowest BCUT2D eigenvalue weighted by Gasteiger charge is -2.40. The van der Waals surface area contributed by atoms with Gasteiger partial charge in [0.2, 0.25) is 0 Å². The molecule has 0 radical (unpaired) electrons. The molecule has 1 saturated carbocycles. The summed E-state index contributed by atoms with van der Waals surface area (Å²) in [5.41, 5.74) is 9.01. The number of Topliss-reactive ketones (excluding diaryl/α,β-unsaturated/α-hetero) is 1. The summed E-state index contributed by atoms with van der Waals surface area (Å²) < 4.78 is 0. The molecule has 48 heavy (non-hydrogen) atoms. The maximum atomic E-state index is 14.1. The van der Waals surface area contributed by atoms with Crippen molar-refractivity contribution in [3.8, 4) is 12.3 Å². The van der Waals surface area contributed by atoms with Crippen molar-refractivity contribution in [3.05, 3.63) is 119 Å². The first-order chi connectivity index (χ1) is 23.2. The first kappa shape index (κ1) is 34.0. The van der Waals surface area contributed by atoms with Crippen LogP contribution in [0.3, 0.4) is 0 Å². The van der Waals surface area contributed by atoms with Gasteiger partial charge in [0.05, 0.1) is 5.69 Å². The number of hydrogen-bond donors (Lipinski definition) is 0. The number of anilines is 1. The molecular formula is C46H55NO. The van der Waals surface area contributed by atoms with Crippen molar-refractivity contribution < 1.29 is 4.79 Å².